The maximum atomic E-state index is 11.5. The normalized spacial score (nSPS) is 23.0. The zero-order valence-electron chi connectivity index (χ0n) is 9.46. The number of nitrogens with zero attached hydrogens (tertiary/aromatic N) is 1. The number of ketones is 1. The molecule has 1 heterocycles. The summed E-state index contributed by atoms with van der Waals surface area (Å²) in [6.45, 7) is 8.97. The lowest BCUT2D eigenvalue weighted by molar-refractivity contribution is -0.131. The van der Waals surface area contributed by atoms with Crippen LogP contribution in [0.25, 0.3) is 0 Å². The molecule has 80 valence electrons. The molecule has 1 fully saturated rings. The van der Waals surface area contributed by atoms with Crippen LogP contribution in [0.2, 0.25) is 0 Å². The molecule has 0 saturated carbocycles. The molecular weight excluding hydrogens is 178 g/mol. The Bertz CT molecular complexity index is 253. The van der Waals surface area contributed by atoms with Crippen molar-refractivity contribution in [1.82, 2.24) is 4.90 Å². The molecule has 1 unspecified atom stereocenters. The smallest absolute Gasteiger partial charge is 0.223 e. The van der Waals surface area contributed by atoms with E-state index < -0.39 is 0 Å². The van der Waals surface area contributed by atoms with Gasteiger partial charge in [0, 0.05) is 13.0 Å². The van der Waals surface area contributed by atoms with Crippen molar-refractivity contribution in [3.63, 3.8) is 0 Å². The molecule has 0 aromatic heterocycles. The average molecular weight is 197 g/mol. The molecule has 3 heteroatoms. The molecule has 1 aliphatic heterocycles. The fraction of sp³-hybridized carbons (Fsp3) is 0.818. The minimum Gasteiger partial charge on any atom is -0.335 e. The lowest BCUT2D eigenvalue weighted by Crippen LogP contribution is -2.31. The van der Waals surface area contributed by atoms with E-state index >= 15 is 0 Å². The van der Waals surface area contributed by atoms with E-state index in [0.29, 0.717) is 12.3 Å². The van der Waals surface area contributed by atoms with Crippen LogP contribution in [0, 0.1) is 11.3 Å². The summed E-state index contributed by atoms with van der Waals surface area (Å²) in [5, 5.41) is 0. The van der Waals surface area contributed by atoms with E-state index in [1.807, 2.05) is 0 Å². The van der Waals surface area contributed by atoms with Crippen molar-refractivity contribution in [2.75, 3.05) is 13.1 Å². The molecule has 0 N–H and O–H groups in total. The van der Waals surface area contributed by atoms with Gasteiger partial charge in [0.15, 0.2) is 0 Å². The third-order valence-corrected chi connectivity index (χ3v) is 2.85. The van der Waals surface area contributed by atoms with E-state index in [0.717, 1.165) is 6.54 Å². The molecule has 0 aromatic carbocycles. The molecule has 0 radical (unpaired) electrons. The largest absolute Gasteiger partial charge is 0.335 e. The monoisotopic (exact) mass is 197 g/mol. The molecular formula is C11H19NO2. The van der Waals surface area contributed by atoms with Gasteiger partial charge in [-0.3, -0.25) is 9.59 Å². The second kappa shape index (κ2) is 3.71. The maximum Gasteiger partial charge on any atom is 0.223 e. The van der Waals surface area contributed by atoms with Crippen LogP contribution in [-0.4, -0.2) is 29.7 Å². The fourth-order valence-corrected chi connectivity index (χ4v) is 1.77. The van der Waals surface area contributed by atoms with Crippen LogP contribution in [0.4, 0.5) is 0 Å². The zero-order chi connectivity index (χ0) is 10.9. The molecule has 0 spiro atoms. The number of Topliss-reactive ketones (excluding diaryl/α,β-unsaturated/α-hetero) is 1. The Kier molecular flexibility index (Phi) is 2.98. The van der Waals surface area contributed by atoms with Crippen molar-refractivity contribution in [3.05, 3.63) is 0 Å². The average Bonchev–Trinajstić information content (AvgIpc) is 2.30. The van der Waals surface area contributed by atoms with Gasteiger partial charge in [0.1, 0.15) is 5.78 Å². The Morgan fingerprint density at radius 1 is 1.50 bits per heavy atom. The molecule has 3 nitrogen and oxygen atoms in total. The van der Waals surface area contributed by atoms with Crippen molar-refractivity contribution < 1.29 is 9.59 Å². The molecule has 0 aromatic rings. The predicted octanol–water partition coefficient (Wildman–Crippen LogP) is 1.47. The summed E-state index contributed by atoms with van der Waals surface area (Å²) in [6.07, 6.45) is 0.594. The van der Waals surface area contributed by atoms with Crippen molar-refractivity contribution in [3.8, 4) is 0 Å². The first-order valence-corrected chi connectivity index (χ1v) is 5.08. The second-order valence-electron chi connectivity index (χ2n) is 5.24. The van der Waals surface area contributed by atoms with Crippen LogP contribution in [0.5, 0.6) is 0 Å². The SMILES string of the molecule is CC(=O)CN1CC(C(C)(C)C)CC1=O. The Morgan fingerprint density at radius 3 is 2.43 bits per heavy atom. The van der Waals surface area contributed by atoms with Crippen LogP contribution < -0.4 is 0 Å². The highest BCUT2D eigenvalue weighted by Crippen LogP contribution is 2.33. The van der Waals surface area contributed by atoms with Crippen LogP contribution in [-0.2, 0) is 9.59 Å². The van der Waals surface area contributed by atoms with E-state index in [1.54, 1.807) is 4.90 Å². The minimum atomic E-state index is 0.0629. The molecule has 1 amide bonds. The predicted molar refractivity (Wildman–Crippen MR) is 54.8 cm³/mol. The molecule has 0 bridgehead atoms. The van der Waals surface area contributed by atoms with Crippen molar-refractivity contribution in [1.29, 1.82) is 0 Å². The first kappa shape index (κ1) is 11.2. The molecule has 1 aliphatic rings. The number of likely N-dealkylation sites (tertiary alicyclic amines) is 1. The lowest BCUT2D eigenvalue weighted by Gasteiger charge is -2.26. The van der Waals surface area contributed by atoms with Gasteiger partial charge >= 0.3 is 0 Å². The minimum absolute atomic E-state index is 0.0629. The van der Waals surface area contributed by atoms with E-state index in [-0.39, 0.29) is 23.7 Å². The van der Waals surface area contributed by atoms with Gasteiger partial charge in [0.05, 0.1) is 6.54 Å². The van der Waals surface area contributed by atoms with E-state index in [4.69, 9.17) is 0 Å². The Hall–Kier alpha value is -0.860. The topological polar surface area (TPSA) is 37.4 Å². The summed E-state index contributed by atoms with van der Waals surface area (Å²) in [5.74, 6) is 0.572. The van der Waals surface area contributed by atoms with Crippen LogP contribution in [0.1, 0.15) is 34.1 Å². The molecule has 1 atom stereocenters. The second-order valence-corrected chi connectivity index (χ2v) is 5.24. The van der Waals surface area contributed by atoms with Gasteiger partial charge in [-0.2, -0.15) is 0 Å². The molecule has 14 heavy (non-hydrogen) atoms. The third-order valence-electron chi connectivity index (χ3n) is 2.85. The van der Waals surface area contributed by atoms with Crippen LogP contribution in [0.15, 0.2) is 0 Å². The summed E-state index contributed by atoms with van der Waals surface area (Å²) in [5.41, 5.74) is 0.154. The molecule has 1 rings (SSSR count). The fourth-order valence-electron chi connectivity index (χ4n) is 1.77. The van der Waals surface area contributed by atoms with Gasteiger partial charge in [0.2, 0.25) is 5.91 Å². The van der Waals surface area contributed by atoms with E-state index in [9.17, 15) is 9.59 Å². The number of amides is 1. The Labute approximate surface area is 85.5 Å². The van der Waals surface area contributed by atoms with E-state index in [2.05, 4.69) is 20.8 Å². The maximum absolute atomic E-state index is 11.5. The summed E-state index contributed by atoms with van der Waals surface area (Å²) in [7, 11) is 0. The highest BCUT2D eigenvalue weighted by molar-refractivity contribution is 5.85. The lowest BCUT2D eigenvalue weighted by atomic mass is 9.80. The number of carbonyl (C=O) groups is 2. The van der Waals surface area contributed by atoms with Crippen LogP contribution in [0.3, 0.4) is 0 Å². The molecule has 1 saturated heterocycles. The quantitative estimate of drug-likeness (QED) is 0.672. The van der Waals surface area contributed by atoms with Crippen LogP contribution >= 0.6 is 0 Å². The van der Waals surface area contributed by atoms with E-state index in [1.165, 1.54) is 6.92 Å². The highest BCUT2D eigenvalue weighted by atomic mass is 16.2. The van der Waals surface area contributed by atoms with Gasteiger partial charge in [-0.1, -0.05) is 20.8 Å². The number of hydrogen-bond acceptors (Lipinski definition) is 2. The first-order valence-electron chi connectivity index (χ1n) is 5.08. The molecule has 0 aliphatic carbocycles. The first-order chi connectivity index (χ1) is 6.30. The summed E-state index contributed by atoms with van der Waals surface area (Å²) >= 11 is 0. The van der Waals surface area contributed by atoms with Crippen molar-refractivity contribution in [2.24, 2.45) is 11.3 Å². The highest BCUT2D eigenvalue weighted by Gasteiger charge is 2.36. The van der Waals surface area contributed by atoms with Gasteiger partial charge in [-0.05, 0) is 18.3 Å². The summed E-state index contributed by atoms with van der Waals surface area (Å²) in [4.78, 5) is 24.1. The Morgan fingerprint density at radius 2 is 2.07 bits per heavy atom. The standard InChI is InChI=1S/C11H19NO2/c1-8(13)6-12-7-9(5-10(12)14)11(2,3)4/h9H,5-7H2,1-4H3. The Balaban J connectivity index is 2.60. The van der Waals surface area contributed by atoms with Crippen molar-refractivity contribution >= 4 is 11.7 Å². The van der Waals surface area contributed by atoms with Gasteiger partial charge < -0.3 is 4.90 Å². The number of carbonyl (C=O) groups excluding carboxylic acids is 2. The summed E-state index contributed by atoms with van der Waals surface area (Å²) in [6, 6.07) is 0. The number of rotatable bonds is 2. The van der Waals surface area contributed by atoms with Crippen molar-refractivity contribution in [2.45, 2.75) is 34.1 Å². The summed E-state index contributed by atoms with van der Waals surface area (Å²) < 4.78 is 0. The van der Waals surface area contributed by atoms with Gasteiger partial charge in [-0.15, -0.1) is 0 Å². The third kappa shape index (κ3) is 2.56. The zero-order valence-corrected chi connectivity index (χ0v) is 9.46. The number of hydrogen-bond donors (Lipinski definition) is 0. The van der Waals surface area contributed by atoms with Gasteiger partial charge in [0.25, 0.3) is 0 Å². The van der Waals surface area contributed by atoms with Gasteiger partial charge in [-0.25, -0.2) is 0 Å².